The van der Waals surface area contributed by atoms with Crippen molar-refractivity contribution >= 4 is 12.3 Å². The van der Waals surface area contributed by atoms with Crippen molar-refractivity contribution in [3.8, 4) is 22.4 Å². The SMILES string of the molecule is CC(CCn1c(-c2ccc(F)cc2)c(-c2ccccc2)c(C=O)c1C(C)C)C[C@@H](O)CC(=O)O. The zero-order chi connectivity index (χ0) is 24.8. The monoisotopic (exact) mass is 465 g/mol. The summed E-state index contributed by atoms with van der Waals surface area (Å²) < 4.78 is 15.9. The Labute approximate surface area is 199 Å². The van der Waals surface area contributed by atoms with Crippen molar-refractivity contribution in [2.75, 3.05) is 0 Å². The van der Waals surface area contributed by atoms with Crippen LogP contribution in [-0.4, -0.2) is 33.1 Å². The highest BCUT2D eigenvalue weighted by molar-refractivity contribution is 5.97. The Hall–Kier alpha value is -3.25. The molecule has 0 radical (unpaired) electrons. The van der Waals surface area contributed by atoms with Gasteiger partial charge in [0.05, 0.1) is 18.2 Å². The third-order valence-electron chi connectivity index (χ3n) is 6.12. The molecule has 180 valence electrons. The summed E-state index contributed by atoms with van der Waals surface area (Å²) in [4.78, 5) is 23.3. The largest absolute Gasteiger partial charge is 0.481 e. The second-order valence-corrected chi connectivity index (χ2v) is 9.20. The predicted molar refractivity (Wildman–Crippen MR) is 131 cm³/mol. The Balaban J connectivity index is 2.11. The normalized spacial score (nSPS) is 13.1. The minimum Gasteiger partial charge on any atom is -0.481 e. The summed E-state index contributed by atoms with van der Waals surface area (Å²) in [6.45, 7) is 6.65. The van der Waals surface area contributed by atoms with Gasteiger partial charge < -0.3 is 14.8 Å². The summed E-state index contributed by atoms with van der Waals surface area (Å²) in [5.41, 5.74) is 4.94. The fourth-order valence-corrected chi connectivity index (χ4v) is 4.65. The third kappa shape index (κ3) is 5.81. The van der Waals surface area contributed by atoms with Gasteiger partial charge in [-0.25, -0.2) is 4.39 Å². The lowest BCUT2D eigenvalue weighted by Crippen LogP contribution is -2.18. The number of hydrogen-bond donors (Lipinski definition) is 2. The molecule has 3 rings (SSSR count). The summed E-state index contributed by atoms with van der Waals surface area (Å²) >= 11 is 0. The summed E-state index contributed by atoms with van der Waals surface area (Å²) in [6.07, 6.45) is 0.790. The highest BCUT2D eigenvalue weighted by Crippen LogP contribution is 2.41. The van der Waals surface area contributed by atoms with E-state index in [0.29, 0.717) is 24.9 Å². The molecule has 2 N–H and O–H groups in total. The Morgan fingerprint density at radius 2 is 1.68 bits per heavy atom. The topological polar surface area (TPSA) is 79.5 Å². The molecule has 0 bridgehead atoms. The van der Waals surface area contributed by atoms with Crippen LogP contribution >= 0.6 is 0 Å². The first kappa shape index (κ1) is 25.4. The molecule has 5 nitrogen and oxygen atoms in total. The van der Waals surface area contributed by atoms with E-state index in [1.54, 1.807) is 12.1 Å². The van der Waals surface area contributed by atoms with Crippen LogP contribution in [0.25, 0.3) is 22.4 Å². The molecule has 1 unspecified atom stereocenters. The molecule has 0 aliphatic heterocycles. The van der Waals surface area contributed by atoms with E-state index in [1.165, 1.54) is 12.1 Å². The molecule has 3 aromatic rings. The molecule has 0 saturated heterocycles. The molecule has 0 aliphatic rings. The molecule has 6 heteroatoms. The summed E-state index contributed by atoms with van der Waals surface area (Å²) in [5.74, 6) is -1.22. The van der Waals surface area contributed by atoms with Crippen molar-refractivity contribution in [1.82, 2.24) is 4.57 Å². The van der Waals surface area contributed by atoms with Gasteiger partial charge in [0.2, 0.25) is 0 Å². The number of benzene rings is 2. The van der Waals surface area contributed by atoms with E-state index in [1.807, 2.05) is 51.1 Å². The van der Waals surface area contributed by atoms with Crippen LogP contribution in [0.3, 0.4) is 0 Å². The Kier molecular flexibility index (Phi) is 8.40. The fraction of sp³-hybridized carbons (Fsp3) is 0.357. The van der Waals surface area contributed by atoms with Crippen LogP contribution in [0.15, 0.2) is 54.6 Å². The molecule has 0 spiro atoms. The number of aromatic nitrogens is 1. The number of carbonyl (C=O) groups excluding carboxylic acids is 1. The third-order valence-corrected chi connectivity index (χ3v) is 6.12. The van der Waals surface area contributed by atoms with Crippen LogP contribution in [0.5, 0.6) is 0 Å². The summed E-state index contributed by atoms with van der Waals surface area (Å²) in [7, 11) is 0. The lowest BCUT2D eigenvalue weighted by Gasteiger charge is -2.20. The number of aliphatic carboxylic acids is 1. The number of carboxylic acids is 1. The standard InChI is InChI=1S/C28H32FNO4/c1-18(2)27-24(17-31)26(20-7-5-4-6-8-20)28(21-9-11-22(29)12-10-21)30(27)14-13-19(3)15-23(32)16-25(33)34/h4-12,17-19,23,32H,13-16H2,1-3H3,(H,33,34)/t19?,23-/m1/s1. The van der Waals surface area contributed by atoms with Gasteiger partial charge in [-0.15, -0.1) is 0 Å². The van der Waals surface area contributed by atoms with Crippen LogP contribution in [0, 0.1) is 11.7 Å². The molecule has 0 aliphatic carbocycles. The number of aliphatic hydroxyl groups is 1. The second kappa shape index (κ2) is 11.3. The molecular formula is C28H32FNO4. The van der Waals surface area contributed by atoms with Crippen LogP contribution in [0.4, 0.5) is 4.39 Å². The Morgan fingerprint density at radius 3 is 2.24 bits per heavy atom. The van der Waals surface area contributed by atoms with Gasteiger partial charge in [0.15, 0.2) is 6.29 Å². The fourth-order valence-electron chi connectivity index (χ4n) is 4.65. The Bertz CT molecular complexity index is 1120. The minimum absolute atomic E-state index is 0.0600. The molecule has 1 heterocycles. The summed E-state index contributed by atoms with van der Waals surface area (Å²) in [5, 5.41) is 19.0. The molecular weight excluding hydrogens is 433 g/mol. The average Bonchev–Trinajstić information content (AvgIpc) is 3.12. The minimum atomic E-state index is -1.02. The van der Waals surface area contributed by atoms with Crippen LogP contribution in [0.2, 0.25) is 0 Å². The van der Waals surface area contributed by atoms with Crippen LogP contribution < -0.4 is 0 Å². The maximum atomic E-state index is 13.7. The molecule has 0 amide bonds. The maximum Gasteiger partial charge on any atom is 0.305 e. The van der Waals surface area contributed by atoms with E-state index < -0.39 is 12.1 Å². The van der Waals surface area contributed by atoms with Gasteiger partial charge in [0.1, 0.15) is 5.82 Å². The lowest BCUT2D eigenvalue weighted by atomic mass is 9.95. The van der Waals surface area contributed by atoms with Gasteiger partial charge in [-0.05, 0) is 60.1 Å². The number of carbonyl (C=O) groups is 2. The molecule has 0 saturated carbocycles. The zero-order valence-electron chi connectivity index (χ0n) is 19.9. The number of halogens is 1. The van der Waals surface area contributed by atoms with Crippen LogP contribution in [0.1, 0.15) is 62.0 Å². The van der Waals surface area contributed by atoms with E-state index in [2.05, 4.69) is 4.57 Å². The average molecular weight is 466 g/mol. The smallest absolute Gasteiger partial charge is 0.305 e. The van der Waals surface area contributed by atoms with Crippen molar-refractivity contribution in [3.63, 3.8) is 0 Å². The number of rotatable bonds is 11. The first-order chi connectivity index (χ1) is 16.2. The van der Waals surface area contributed by atoms with E-state index in [-0.39, 0.29) is 24.1 Å². The van der Waals surface area contributed by atoms with E-state index in [0.717, 1.165) is 34.4 Å². The predicted octanol–water partition coefficient (Wildman–Crippen LogP) is 6.15. The van der Waals surface area contributed by atoms with E-state index in [4.69, 9.17) is 5.11 Å². The first-order valence-corrected chi connectivity index (χ1v) is 11.7. The lowest BCUT2D eigenvalue weighted by molar-refractivity contribution is -0.139. The molecule has 0 fully saturated rings. The number of nitrogens with zero attached hydrogens (tertiary/aromatic N) is 1. The Morgan fingerprint density at radius 1 is 1.03 bits per heavy atom. The quantitative estimate of drug-likeness (QED) is 0.333. The van der Waals surface area contributed by atoms with Gasteiger partial charge in [-0.1, -0.05) is 51.1 Å². The number of aliphatic hydroxyl groups excluding tert-OH is 1. The van der Waals surface area contributed by atoms with E-state index in [9.17, 15) is 19.1 Å². The molecule has 1 aromatic heterocycles. The van der Waals surface area contributed by atoms with Gasteiger partial charge in [0.25, 0.3) is 0 Å². The first-order valence-electron chi connectivity index (χ1n) is 11.7. The summed E-state index contributed by atoms with van der Waals surface area (Å²) in [6, 6.07) is 16.0. The van der Waals surface area contributed by atoms with Gasteiger partial charge in [-0.2, -0.15) is 0 Å². The molecule has 2 aromatic carbocycles. The van der Waals surface area contributed by atoms with Crippen molar-refractivity contribution in [3.05, 3.63) is 71.7 Å². The maximum absolute atomic E-state index is 13.7. The van der Waals surface area contributed by atoms with Gasteiger partial charge in [0, 0.05) is 23.4 Å². The van der Waals surface area contributed by atoms with Crippen molar-refractivity contribution < 1.29 is 24.2 Å². The van der Waals surface area contributed by atoms with Crippen molar-refractivity contribution in [2.24, 2.45) is 5.92 Å². The second-order valence-electron chi connectivity index (χ2n) is 9.20. The highest BCUT2D eigenvalue weighted by Gasteiger charge is 2.26. The van der Waals surface area contributed by atoms with Gasteiger partial charge >= 0.3 is 5.97 Å². The number of carboxylic acid groups (broad SMARTS) is 1. The zero-order valence-corrected chi connectivity index (χ0v) is 19.9. The van der Waals surface area contributed by atoms with E-state index >= 15 is 0 Å². The number of aldehydes is 1. The van der Waals surface area contributed by atoms with Crippen molar-refractivity contribution in [2.45, 2.75) is 58.6 Å². The van der Waals surface area contributed by atoms with Crippen LogP contribution in [-0.2, 0) is 11.3 Å². The molecule has 34 heavy (non-hydrogen) atoms. The molecule has 2 atom stereocenters. The van der Waals surface area contributed by atoms with Gasteiger partial charge in [-0.3, -0.25) is 9.59 Å². The number of hydrogen-bond acceptors (Lipinski definition) is 3. The van der Waals surface area contributed by atoms with Crippen molar-refractivity contribution in [1.29, 1.82) is 0 Å². The highest BCUT2D eigenvalue weighted by atomic mass is 19.1.